The Morgan fingerprint density at radius 1 is 1.31 bits per heavy atom. The van der Waals surface area contributed by atoms with Crippen molar-refractivity contribution in [2.45, 2.75) is 51.0 Å². The summed E-state index contributed by atoms with van der Waals surface area (Å²) in [6, 6.07) is 0. The van der Waals surface area contributed by atoms with Gasteiger partial charge in [-0.05, 0) is 39.2 Å². The largest absolute Gasteiger partial charge is 0.385 e. The Morgan fingerprint density at radius 2 is 2.15 bits per heavy atom. The highest BCUT2D eigenvalue weighted by Crippen LogP contribution is 2.23. The molecule has 1 N–H and O–H groups in total. The van der Waals surface area contributed by atoms with Gasteiger partial charge in [0.25, 0.3) is 0 Å². The summed E-state index contributed by atoms with van der Waals surface area (Å²) >= 11 is 0. The van der Waals surface area contributed by atoms with Gasteiger partial charge in [-0.15, -0.1) is 0 Å². The van der Waals surface area contributed by atoms with Crippen LogP contribution in [0.3, 0.4) is 0 Å². The summed E-state index contributed by atoms with van der Waals surface area (Å²) in [4.78, 5) is 0. The third-order valence-electron chi connectivity index (χ3n) is 3.03. The Labute approximate surface area is 82.0 Å². The molecule has 0 radical (unpaired) electrons. The maximum atomic E-state index is 5.08. The van der Waals surface area contributed by atoms with Gasteiger partial charge in [0.05, 0.1) is 0 Å². The average Bonchev–Trinajstić information content (AvgIpc) is 2.31. The lowest BCUT2D eigenvalue weighted by atomic mass is 9.91. The highest BCUT2D eigenvalue weighted by Gasteiger charge is 2.23. The molecule has 1 atom stereocenters. The number of ether oxygens (including phenoxy) is 1. The summed E-state index contributed by atoms with van der Waals surface area (Å²) < 4.78 is 5.08. The summed E-state index contributed by atoms with van der Waals surface area (Å²) in [5.41, 5.74) is 0.384. The number of rotatable bonds is 4. The lowest BCUT2D eigenvalue weighted by Gasteiger charge is -2.29. The van der Waals surface area contributed by atoms with Crippen LogP contribution in [-0.2, 0) is 4.74 Å². The van der Waals surface area contributed by atoms with Crippen molar-refractivity contribution in [2.24, 2.45) is 0 Å². The van der Waals surface area contributed by atoms with Crippen LogP contribution in [0.5, 0.6) is 0 Å². The van der Waals surface area contributed by atoms with Gasteiger partial charge in [0.1, 0.15) is 0 Å². The van der Waals surface area contributed by atoms with Crippen LogP contribution < -0.4 is 5.32 Å². The molecular weight excluding hydrogens is 162 g/mol. The summed E-state index contributed by atoms with van der Waals surface area (Å²) in [6.45, 7) is 4.45. The first-order valence-electron chi connectivity index (χ1n) is 5.51. The lowest BCUT2D eigenvalue weighted by molar-refractivity contribution is 0.177. The zero-order valence-electron chi connectivity index (χ0n) is 9.07. The van der Waals surface area contributed by atoms with Crippen molar-refractivity contribution < 1.29 is 4.74 Å². The minimum atomic E-state index is 0.384. The number of methoxy groups -OCH3 is 1. The van der Waals surface area contributed by atoms with E-state index in [1.807, 2.05) is 0 Å². The first-order valence-corrected chi connectivity index (χ1v) is 5.51. The molecule has 1 aliphatic rings. The van der Waals surface area contributed by atoms with Crippen molar-refractivity contribution in [2.75, 3.05) is 20.3 Å². The van der Waals surface area contributed by atoms with Crippen LogP contribution in [0.25, 0.3) is 0 Å². The Morgan fingerprint density at radius 3 is 2.92 bits per heavy atom. The van der Waals surface area contributed by atoms with Crippen LogP contribution in [0, 0.1) is 0 Å². The summed E-state index contributed by atoms with van der Waals surface area (Å²) in [5, 5.41) is 3.66. The molecule has 1 saturated heterocycles. The van der Waals surface area contributed by atoms with Crippen LogP contribution in [0.15, 0.2) is 0 Å². The van der Waals surface area contributed by atoms with Crippen LogP contribution in [-0.4, -0.2) is 25.8 Å². The minimum absolute atomic E-state index is 0.384. The first kappa shape index (κ1) is 11.0. The van der Waals surface area contributed by atoms with Crippen LogP contribution >= 0.6 is 0 Å². The van der Waals surface area contributed by atoms with E-state index < -0.39 is 0 Å². The smallest absolute Gasteiger partial charge is 0.0462 e. The van der Waals surface area contributed by atoms with Crippen molar-refractivity contribution in [3.8, 4) is 0 Å². The van der Waals surface area contributed by atoms with Crippen molar-refractivity contribution >= 4 is 0 Å². The first-order chi connectivity index (χ1) is 6.27. The van der Waals surface area contributed by atoms with Gasteiger partial charge in [0.15, 0.2) is 0 Å². The Balaban J connectivity index is 2.25. The molecule has 1 aliphatic heterocycles. The number of nitrogens with one attached hydrogen (secondary N) is 1. The van der Waals surface area contributed by atoms with E-state index in [1.54, 1.807) is 7.11 Å². The highest BCUT2D eigenvalue weighted by atomic mass is 16.5. The van der Waals surface area contributed by atoms with Gasteiger partial charge in [-0.2, -0.15) is 0 Å². The van der Waals surface area contributed by atoms with E-state index in [2.05, 4.69) is 12.2 Å². The molecule has 0 aromatic carbocycles. The van der Waals surface area contributed by atoms with Gasteiger partial charge in [0.2, 0.25) is 0 Å². The fourth-order valence-corrected chi connectivity index (χ4v) is 2.12. The molecule has 1 rings (SSSR count). The molecule has 2 nitrogen and oxygen atoms in total. The summed E-state index contributed by atoms with van der Waals surface area (Å²) in [5.74, 6) is 0. The minimum Gasteiger partial charge on any atom is -0.385 e. The maximum Gasteiger partial charge on any atom is 0.0462 e. The van der Waals surface area contributed by atoms with Gasteiger partial charge in [-0.1, -0.05) is 12.8 Å². The van der Waals surface area contributed by atoms with Crippen LogP contribution in [0.2, 0.25) is 0 Å². The fourth-order valence-electron chi connectivity index (χ4n) is 2.12. The molecule has 0 aromatic rings. The second-order valence-corrected chi connectivity index (χ2v) is 4.39. The highest BCUT2D eigenvalue weighted by molar-refractivity contribution is 4.84. The molecule has 1 fully saturated rings. The van der Waals surface area contributed by atoms with Crippen molar-refractivity contribution in [1.82, 2.24) is 5.32 Å². The quantitative estimate of drug-likeness (QED) is 0.679. The Bertz CT molecular complexity index is 128. The molecule has 0 spiro atoms. The van der Waals surface area contributed by atoms with Crippen molar-refractivity contribution in [3.63, 3.8) is 0 Å². The molecule has 2 heteroatoms. The zero-order valence-corrected chi connectivity index (χ0v) is 9.07. The maximum absolute atomic E-state index is 5.08. The SMILES string of the molecule is COCCCC1(C)CCCCCN1. The summed E-state index contributed by atoms with van der Waals surface area (Å²) in [7, 11) is 1.78. The van der Waals surface area contributed by atoms with E-state index in [0.717, 1.165) is 6.61 Å². The molecule has 13 heavy (non-hydrogen) atoms. The molecule has 0 aromatic heterocycles. The van der Waals surface area contributed by atoms with Crippen LogP contribution in [0.1, 0.15) is 45.4 Å². The van der Waals surface area contributed by atoms with Crippen molar-refractivity contribution in [3.05, 3.63) is 0 Å². The second-order valence-electron chi connectivity index (χ2n) is 4.39. The van der Waals surface area contributed by atoms with E-state index in [0.29, 0.717) is 5.54 Å². The third kappa shape index (κ3) is 4.10. The molecule has 0 amide bonds. The van der Waals surface area contributed by atoms with Gasteiger partial charge in [0, 0.05) is 19.3 Å². The van der Waals surface area contributed by atoms with E-state index >= 15 is 0 Å². The molecule has 78 valence electrons. The van der Waals surface area contributed by atoms with Crippen molar-refractivity contribution in [1.29, 1.82) is 0 Å². The second kappa shape index (κ2) is 5.61. The molecule has 1 heterocycles. The molecule has 0 aliphatic carbocycles. The predicted molar refractivity (Wildman–Crippen MR) is 56.0 cm³/mol. The molecule has 1 unspecified atom stereocenters. The fraction of sp³-hybridized carbons (Fsp3) is 1.00. The van der Waals surface area contributed by atoms with E-state index in [4.69, 9.17) is 4.74 Å². The van der Waals surface area contributed by atoms with E-state index in [1.165, 1.54) is 45.1 Å². The summed E-state index contributed by atoms with van der Waals surface area (Å²) in [6.07, 6.45) is 7.89. The Hall–Kier alpha value is -0.0800. The van der Waals surface area contributed by atoms with Gasteiger partial charge in [-0.25, -0.2) is 0 Å². The zero-order chi connectivity index (χ0) is 9.57. The molecular formula is C11H23NO. The molecule has 0 bridgehead atoms. The third-order valence-corrected chi connectivity index (χ3v) is 3.03. The standard InChI is InChI=1S/C11H23NO/c1-11(8-6-10-13-2)7-4-3-5-9-12-11/h12H,3-10H2,1-2H3. The van der Waals surface area contributed by atoms with Gasteiger partial charge >= 0.3 is 0 Å². The Kier molecular flexibility index (Phi) is 4.74. The predicted octanol–water partition coefficient (Wildman–Crippen LogP) is 2.34. The lowest BCUT2D eigenvalue weighted by Crippen LogP contribution is -2.41. The van der Waals surface area contributed by atoms with Crippen LogP contribution in [0.4, 0.5) is 0 Å². The van der Waals surface area contributed by atoms with Gasteiger partial charge in [-0.3, -0.25) is 0 Å². The molecule has 0 saturated carbocycles. The normalized spacial score (nSPS) is 30.0. The van der Waals surface area contributed by atoms with E-state index in [9.17, 15) is 0 Å². The van der Waals surface area contributed by atoms with Gasteiger partial charge < -0.3 is 10.1 Å². The van der Waals surface area contributed by atoms with E-state index in [-0.39, 0.29) is 0 Å². The average molecular weight is 185 g/mol. The monoisotopic (exact) mass is 185 g/mol. The number of hydrogen-bond donors (Lipinski definition) is 1. The topological polar surface area (TPSA) is 21.3 Å². The number of hydrogen-bond acceptors (Lipinski definition) is 2.